The monoisotopic (exact) mass is 296 g/mol. The van der Waals surface area contributed by atoms with Gasteiger partial charge in [-0.2, -0.15) is 0 Å². The predicted octanol–water partition coefficient (Wildman–Crippen LogP) is 3.58. The van der Waals surface area contributed by atoms with Crippen LogP contribution in [0.5, 0.6) is 0 Å². The molecule has 1 aromatic heterocycles. The maximum absolute atomic E-state index is 11.0. The highest BCUT2D eigenvalue weighted by Gasteiger charge is 2.08. The maximum atomic E-state index is 11.0. The van der Waals surface area contributed by atoms with Crippen LogP contribution in [0.15, 0.2) is 54.6 Å². The molecule has 0 radical (unpaired) electrons. The highest BCUT2D eigenvalue weighted by molar-refractivity contribution is 6.35. The molecule has 3 nitrogen and oxygen atoms in total. The number of primary amides is 1. The van der Waals surface area contributed by atoms with E-state index in [2.05, 4.69) is 4.98 Å². The van der Waals surface area contributed by atoms with Gasteiger partial charge < -0.3 is 5.73 Å². The van der Waals surface area contributed by atoms with Crippen LogP contribution in [0.4, 0.5) is 0 Å². The average Bonchev–Trinajstić information content (AvgIpc) is 2.48. The molecule has 4 heteroatoms. The van der Waals surface area contributed by atoms with E-state index < -0.39 is 0 Å². The molecule has 0 atom stereocenters. The molecule has 0 aliphatic heterocycles. The molecule has 0 saturated heterocycles. The van der Waals surface area contributed by atoms with Gasteiger partial charge in [-0.3, -0.25) is 4.79 Å². The lowest BCUT2D eigenvalue weighted by molar-refractivity contribution is -0.117. The van der Waals surface area contributed by atoms with Crippen LogP contribution in [0.2, 0.25) is 5.02 Å². The lowest BCUT2D eigenvalue weighted by atomic mass is 10.1. The van der Waals surface area contributed by atoms with Crippen LogP contribution in [-0.2, 0) is 11.2 Å². The Balaban J connectivity index is 2.11. The second-order valence-electron chi connectivity index (χ2n) is 4.85. The van der Waals surface area contributed by atoms with Gasteiger partial charge in [-0.25, -0.2) is 4.98 Å². The van der Waals surface area contributed by atoms with Gasteiger partial charge in [0.2, 0.25) is 5.91 Å². The molecule has 104 valence electrons. The molecule has 1 heterocycles. The van der Waals surface area contributed by atoms with E-state index in [0.29, 0.717) is 5.02 Å². The van der Waals surface area contributed by atoms with Crippen LogP contribution in [0.1, 0.15) is 5.56 Å². The smallest absolute Gasteiger partial charge is 0.221 e. The molecule has 0 spiro atoms. The summed E-state index contributed by atoms with van der Waals surface area (Å²) in [6, 6.07) is 17.3. The van der Waals surface area contributed by atoms with Crippen LogP contribution >= 0.6 is 11.6 Å². The molecule has 2 aromatic carbocycles. The van der Waals surface area contributed by atoms with Gasteiger partial charge in [0.15, 0.2) is 0 Å². The number of nitrogens with zero attached hydrogens (tertiary/aromatic N) is 1. The van der Waals surface area contributed by atoms with Gasteiger partial charge in [-0.1, -0.05) is 48.0 Å². The zero-order chi connectivity index (χ0) is 14.8. The second-order valence-corrected chi connectivity index (χ2v) is 5.26. The van der Waals surface area contributed by atoms with Gasteiger partial charge in [0, 0.05) is 10.9 Å². The number of nitrogens with two attached hydrogens (primary N) is 1. The van der Waals surface area contributed by atoms with E-state index in [1.165, 1.54) is 0 Å². The van der Waals surface area contributed by atoms with Crippen molar-refractivity contribution in [2.24, 2.45) is 5.73 Å². The van der Waals surface area contributed by atoms with Gasteiger partial charge in [-0.15, -0.1) is 0 Å². The molecule has 0 bridgehead atoms. The minimum atomic E-state index is -0.362. The first-order valence-corrected chi connectivity index (χ1v) is 6.94. The fourth-order valence-corrected chi connectivity index (χ4v) is 2.55. The van der Waals surface area contributed by atoms with Crippen molar-refractivity contribution in [3.05, 3.63) is 65.2 Å². The van der Waals surface area contributed by atoms with E-state index in [9.17, 15) is 4.79 Å². The van der Waals surface area contributed by atoms with Crippen LogP contribution in [0, 0.1) is 0 Å². The first-order valence-electron chi connectivity index (χ1n) is 6.56. The molecule has 0 unspecified atom stereocenters. The van der Waals surface area contributed by atoms with Gasteiger partial charge in [0.1, 0.15) is 0 Å². The summed E-state index contributed by atoms with van der Waals surface area (Å²) in [6.07, 6.45) is 0.201. The van der Waals surface area contributed by atoms with E-state index in [4.69, 9.17) is 17.3 Å². The molecule has 0 aliphatic carbocycles. The molecular weight excluding hydrogens is 284 g/mol. The van der Waals surface area contributed by atoms with Gasteiger partial charge >= 0.3 is 0 Å². The summed E-state index contributed by atoms with van der Waals surface area (Å²) in [5.74, 6) is -0.362. The Morgan fingerprint density at radius 1 is 1.10 bits per heavy atom. The predicted molar refractivity (Wildman–Crippen MR) is 85.1 cm³/mol. The number of amides is 1. The van der Waals surface area contributed by atoms with Crippen molar-refractivity contribution in [3.8, 4) is 11.3 Å². The van der Waals surface area contributed by atoms with Crippen molar-refractivity contribution in [2.75, 3.05) is 0 Å². The first-order chi connectivity index (χ1) is 10.1. The van der Waals surface area contributed by atoms with Gasteiger partial charge in [0.05, 0.1) is 22.7 Å². The highest BCUT2D eigenvalue weighted by Crippen LogP contribution is 2.28. The summed E-state index contributed by atoms with van der Waals surface area (Å²) in [5.41, 5.74) is 8.70. The fraction of sp³-hybridized carbons (Fsp3) is 0.0588. The molecule has 21 heavy (non-hydrogen) atoms. The van der Waals surface area contributed by atoms with Crippen molar-refractivity contribution in [1.29, 1.82) is 0 Å². The molecule has 2 N–H and O–H groups in total. The van der Waals surface area contributed by atoms with E-state index in [0.717, 1.165) is 27.7 Å². The standard InChI is InChI=1S/C17H13ClN2O/c18-14-10-16(12-4-2-1-3-5-12)20-15-7-6-11(8-13(14)15)9-17(19)21/h1-8,10H,9H2,(H2,19,21). The maximum Gasteiger partial charge on any atom is 0.221 e. The summed E-state index contributed by atoms with van der Waals surface area (Å²) >= 11 is 6.36. The molecule has 0 saturated carbocycles. The number of carbonyl (C=O) groups is 1. The Hall–Kier alpha value is -2.39. The third kappa shape index (κ3) is 2.88. The summed E-state index contributed by atoms with van der Waals surface area (Å²) in [7, 11) is 0. The quantitative estimate of drug-likeness (QED) is 0.803. The van der Waals surface area contributed by atoms with Crippen molar-refractivity contribution in [1.82, 2.24) is 4.98 Å². The van der Waals surface area contributed by atoms with Crippen molar-refractivity contribution < 1.29 is 4.79 Å². The van der Waals surface area contributed by atoms with Gasteiger partial charge in [0.25, 0.3) is 0 Å². The number of pyridine rings is 1. The normalized spacial score (nSPS) is 10.7. The zero-order valence-electron chi connectivity index (χ0n) is 11.2. The Bertz CT molecular complexity index is 816. The van der Waals surface area contributed by atoms with Crippen molar-refractivity contribution in [3.63, 3.8) is 0 Å². The Morgan fingerprint density at radius 2 is 1.86 bits per heavy atom. The van der Waals surface area contributed by atoms with Crippen LogP contribution in [-0.4, -0.2) is 10.9 Å². The molecule has 1 amide bonds. The number of hydrogen-bond donors (Lipinski definition) is 1. The number of halogens is 1. The van der Waals surface area contributed by atoms with Crippen molar-refractivity contribution in [2.45, 2.75) is 6.42 Å². The number of carbonyl (C=O) groups excluding carboxylic acids is 1. The third-order valence-corrected chi connectivity index (χ3v) is 3.58. The second kappa shape index (κ2) is 5.54. The number of hydrogen-bond acceptors (Lipinski definition) is 2. The fourth-order valence-electron chi connectivity index (χ4n) is 2.30. The van der Waals surface area contributed by atoms with Crippen LogP contribution in [0.25, 0.3) is 22.2 Å². The van der Waals surface area contributed by atoms with Crippen LogP contribution < -0.4 is 5.73 Å². The summed E-state index contributed by atoms with van der Waals surface area (Å²) in [5, 5.41) is 1.44. The number of benzene rings is 2. The summed E-state index contributed by atoms with van der Waals surface area (Å²) < 4.78 is 0. The number of rotatable bonds is 3. The average molecular weight is 297 g/mol. The molecular formula is C17H13ClN2O. The molecule has 0 fully saturated rings. The lowest BCUT2D eigenvalue weighted by Gasteiger charge is -2.07. The topological polar surface area (TPSA) is 56.0 Å². The number of fused-ring (bicyclic) bond motifs is 1. The Morgan fingerprint density at radius 3 is 2.57 bits per heavy atom. The van der Waals surface area contributed by atoms with E-state index in [1.807, 2.05) is 54.6 Å². The zero-order valence-corrected chi connectivity index (χ0v) is 12.0. The first kappa shape index (κ1) is 13.6. The van der Waals surface area contributed by atoms with Gasteiger partial charge in [-0.05, 0) is 23.8 Å². The largest absolute Gasteiger partial charge is 0.369 e. The molecule has 3 rings (SSSR count). The third-order valence-electron chi connectivity index (χ3n) is 3.27. The molecule has 0 aliphatic rings. The van der Waals surface area contributed by atoms with E-state index >= 15 is 0 Å². The van der Waals surface area contributed by atoms with E-state index in [-0.39, 0.29) is 12.3 Å². The molecule has 3 aromatic rings. The lowest BCUT2D eigenvalue weighted by Crippen LogP contribution is -2.13. The van der Waals surface area contributed by atoms with E-state index in [1.54, 1.807) is 0 Å². The summed E-state index contributed by atoms with van der Waals surface area (Å²) in [4.78, 5) is 15.6. The highest BCUT2D eigenvalue weighted by atomic mass is 35.5. The summed E-state index contributed by atoms with van der Waals surface area (Å²) in [6.45, 7) is 0. The minimum absolute atomic E-state index is 0.201. The number of aromatic nitrogens is 1. The van der Waals surface area contributed by atoms with Crippen molar-refractivity contribution >= 4 is 28.4 Å². The Labute approximate surface area is 127 Å². The minimum Gasteiger partial charge on any atom is -0.369 e. The van der Waals surface area contributed by atoms with Crippen LogP contribution in [0.3, 0.4) is 0 Å². The Kier molecular flexibility index (Phi) is 3.59. The SMILES string of the molecule is NC(=O)Cc1ccc2nc(-c3ccccc3)cc(Cl)c2c1.